The number of carbonyl (C=O) groups is 2. The molecule has 1 atom stereocenters. The second-order valence-corrected chi connectivity index (χ2v) is 7.58. The molecule has 0 aliphatic carbocycles. The van der Waals surface area contributed by atoms with Crippen molar-refractivity contribution in [3.05, 3.63) is 65.5 Å². The van der Waals surface area contributed by atoms with Crippen LogP contribution in [0.3, 0.4) is 0 Å². The van der Waals surface area contributed by atoms with E-state index in [1.807, 2.05) is 13.0 Å². The first-order chi connectivity index (χ1) is 15.5. The first kappa shape index (κ1) is 23.5. The molecular weight excluding hydrogens is 406 g/mol. The number of pyridine rings is 1. The molecule has 0 unspecified atom stereocenters. The molecule has 3 rings (SSSR count). The lowest BCUT2D eigenvalue weighted by Gasteiger charge is -2.26. The molecule has 7 heteroatoms. The number of Topliss-reactive ketones (excluding diaryl/α,β-unsaturated/α-hetero) is 1. The van der Waals surface area contributed by atoms with E-state index >= 15 is 0 Å². The van der Waals surface area contributed by atoms with Gasteiger partial charge < -0.3 is 19.6 Å². The molecule has 170 valence electrons. The van der Waals surface area contributed by atoms with E-state index in [-0.39, 0.29) is 11.3 Å². The van der Waals surface area contributed by atoms with Gasteiger partial charge in [-0.25, -0.2) is 0 Å². The maximum absolute atomic E-state index is 13.0. The van der Waals surface area contributed by atoms with Crippen molar-refractivity contribution in [3.8, 4) is 5.75 Å². The number of hydrogen-bond acceptors (Lipinski definition) is 6. The summed E-state index contributed by atoms with van der Waals surface area (Å²) in [7, 11) is 0. The van der Waals surface area contributed by atoms with Crippen molar-refractivity contribution >= 4 is 17.4 Å². The molecule has 1 N–H and O–H groups in total. The Morgan fingerprint density at radius 3 is 2.41 bits per heavy atom. The average Bonchev–Trinajstić information content (AvgIpc) is 3.07. The standard InChI is InChI=1S/C25H31N3O4/c1-4-27(5-2)16-9-17-28-22(20-10-7-8-15-26-20)21(24(30)25(28)31)23(29)18-11-13-19(14-12-18)32-6-3/h7-8,10-15,22,29H,4-6,9,16-17H2,1-3H3/b23-21+/t22-/m1/s1. The minimum Gasteiger partial charge on any atom is -0.507 e. The molecule has 0 spiro atoms. The van der Waals surface area contributed by atoms with E-state index in [9.17, 15) is 14.7 Å². The topological polar surface area (TPSA) is 83.0 Å². The molecule has 2 heterocycles. The van der Waals surface area contributed by atoms with Gasteiger partial charge in [0.05, 0.1) is 17.9 Å². The van der Waals surface area contributed by atoms with Crippen LogP contribution in [-0.4, -0.2) is 64.4 Å². The smallest absolute Gasteiger partial charge is 0.295 e. The van der Waals surface area contributed by atoms with Crippen LogP contribution in [0.25, 0.3) is 5.76 Å². The van der Waals surface area contributed by atoms with E-state index in [1.54, 1.807) is 42.6 Å². The van der Waals surface area contributed by atoms with Crippen LogP contribution >= 0.6 is 0 Å². The summed E-state index contributed by atoms with van der Waals surface area (Å²) in [5.74, 6) is -0.821. The highest BCUT2D eigenvalue weighted by Crippen LogP contribution is 2.38. The number of likely N-dealkylation sites (tertiary alicyclic amines) is 1. The van der Waals surface area contributed by atoms with Crippen molar-refractivity contribution in [3.63, 3.8) is 0 Å². The zero-order valence-corrected chi connectivity index (χ0v) is 19.0. The summed E-state index contributed by atoms with van der Waals surface area (Å²) in [6.07, 6.45) is 2.35. The van der Waals surface area contributed by atoms with Gasteiger partial charge in [-0.2, -0.15) is 0 Å². The first-order valence-electron chi connectivity index (χ1n) is 11.2. The molecular formula is C25H31N3O4. The summed E-state index contributed by atoms with van der Waals surface area (Å²) in [6, 6.07) is 11.5. The molecule has 1 aliphatic heterocycles. The van der Waals surface area contributed by atoms with Crippen LogP contribution in [0.4, 0.5) is 0 Å². The predicted octanol–water partition coefficient (Wildman–Crippen LogP) is 3.63. The summed E-state index contributed by atoms with van der Waals surface area (Å²) >= 11 is 0. The SMILES string of the molecule is CCOc1ccc(/C(O)=C2\C(=O)C(=O)N(CCCN(CC)CC)[C@@H]2c2ccccn2)cc1. The number of benzene rings is 1. The average molecular weight is 438 g/mol. The fourth-order valence-electron chi connectivity index (χ4n) is 3.99. The molecule has 0 radical (unpaired) electrons. The third kappa shape index (κ3) is 4.99. The number of aromatic nitrogens is 1. The van der Waals surface area contributed by atoms with Crippen molar-refractivity contribution in [2.75, 3.05) is 32.8 Å². The number of hydrogen-bond donors (Lipinski definition) is 1. The summed E-state index contributed by atoms with van der Waals surface area (Å²) in [5.41, 5.74) is 1.08. The van der Waals surface area contributed by atoms with E-state index in [4.69, 9.17) is 4.74 Å². The van der Waals surface area contributed by atoms with Crippen LogP contribution in [0.5, 0.6) is 5.75 Å². The summed E-state index contributed by atoms with van der Waals surface area (Å²) in [6.45, 7) is 9.70. The molecule has 1 aromatic carbocycles. The lowest BCUT2D eigenvalue weighted by Crippen LogP contribution is -2.33. The third-order valence-corrected chi connectivity index (χ3v) is 5.71. The fraction of sp³-hybridized carbons (Fsp3) is 0.400. The van der Waals surface area contributed by atoms with Gasteiger partial charge in [0, 0.05) is 18.3 Å². The van der Waals surface area contributed by atoms with Gasteiger partial charge in [-0.15, -0.1) is 0 Å². The summed E-state index contributed by atoms with van der Waals surface area (Å²) in [5, 5.41) is 11.1. The quantitative estimate of drug-likeness (QED) is 0.347. The van der Waals surface area contributed by atoms with Gasteiger partial charge in [0.1, 0.15) is 17.6 Å². The van der Waals surface area contributed by atoms with E-state index in [0.717, 1.165) is 26.1 Å². The van der Waals surface area contributed by atoms with Crippen LogP contribution < -0.4 is 4.74 Å². The lowest BCUT2D eigenvalue weighted by atomic mass is 9.98. The third-order valence-electron chi connectivity index (χ3n) is 5.71. The Labute approximate surface area is 189 Å². The Kier molecular flexibility index (Phi) is 8.00. The minimum atomic E-state index is -0.723. The molecule has 7 nitrogen and oxygen atoms in total. The molecule has 2 aromatic rings. The normalized spacial score (nSPS) is 17.9. The molecule has 1 saturated heterocycles. The Morgan fingerprint density at radius 1 is 1.09 bits per heavy atom. The van der Waals surface area contributed by atoms with Gasteiger partial charge in [0.15, 0.2) is 0 Å². The van der Waals surface area contributed by atoms with E-state index < -0.39 is 17.7 Å². The molecule has 1 amide bonds. The zero-order valence-electron chi connectivity index (χ0n) is 19.0. The maximum Gasteiger partial charge on any atom is 0.295 e. The Hall–Kier alpha value is -3.19. The lowest BCUT2D eigenvalue weighted by molar-refractivity contribution is -0.140. The van der Waals surface area contributed by atoms with Gasteiger partial charge >= 0.3 is 0 Å². The van der Waals surface area contributed by atoms with Gasteiger partial charge in [0.25, 0.3) is 11.7 Å². The van der Waals surface area contributed by atoms with Crippen molar-refractivity contribution in [2.24, 2.45) is 0 Å². The van der Waals surface area contributed by atoms with Crippen molar-refractivity contribution in [2.45, 2.75) is 33.2 Å². The second-order valence-electron chi connectivity index (χ2n) is 7.58. The van der Waals surface area contributed by atoms with E-state index in [1.165, 1.54) is 4.90 Å². The number of carbonyl (C=O) groups excluding carboxylic acids is 2. The molecule has 1 aliphatic rings. The summed E-state index contributed by atoms with van der Waals surface area (Å²) in [4.78, 5) is 34.2. The zero-order chi connectivity index (χ0) is 23.1. The number of nitrogens with zero attached hydrogens (tertiary/aromatic N) is 3. The highest BCUT2D eigenvalue weighted by atomic mass is 16.5. The van der Waals surface area contributed by atoms with Gasteiger partial charge in [0.2, 0.25) is 0 Å². The largest absolute Gasteiger partial charge is 0.507 e. The van der Waals surface area contributed by atoms with Crippen LogP contribution in [0.1, 0.15) is 44.5 Å². The Balaban J connectivity index is 1.97. The number of aliphatic hydroxyl groups excluding tert-OH is 1. The molecule has 32 heavy (non-hydrogen) atoms. The highest BCUT2D eigenvalue weighted by molar-refractivity contribution is 6.46. The molecule has 1 aromatic heterocycles. The summed E-state index contributed by atoms with van der Waals surface area (Å²) < 4.78 is 5.45. The van der Waals surface area contributed by atoms with E-state index in [2.05, 4.69) is 23.7 Å². The highest BCUT2D eigenvalue weighted by Gasteiger charge is 2.46. The molecule has 1 fully saturated rings. The van der Waals surface area contributed by atoms with Crippen LogP contribution in [0, 0.1) is 0 Å². The van der Waals surface area contributed by atoms with Gasteiger partial charge in [-0.1, -0.05) is 19.9 Å². The molecule has 0 saturated carbocycles. The predicted molar refractivity (Wildman–Crippen MR) is 123 cm³/mol. The first-order valence-corrected chi connectivity index (χ1v) is 11.2. The second kappa shape index (κ2) is 10.9. The number of aliphatic hydroxyl groups is 1. The number of ether oxygens (including phenoxy) is 1. The van der Waals surface area contributed by atoms with Gasteiger partial charge in [-0.05, 0) is 69.4 Å². The van der Waals surface area contributed by atoms with Crippen LogP contribution in [0.2, 0.25) is 0 Å². The monoisotopic (exact) mass is 437 g/mol. The van der Waals surface area contributed by atoms with E-state index in [0.29, 0.717) is 30.2 Å². The number of ketones is 1. The van der Waals surface area contributed by atoms with Crippen LogP contribution in [0.15, 0.2) is 54.2 Å². The Morgan fingerprint density at radius 2 is 1.81 bits per heavy atom. The number of rotatable bonds is 10. The number of amides is 1. The van der Waals surface area contributed by atoms with Crippen LogP contribution in [-0.2, 0) is 9.59 Å². The Bertz CT molecular complexity index is 953. The maximum atomic E-state index is 13.0. The van der Waals surface area contributed by atoms with Gasteiger partial charge in [-0.3, -0.25) is 14.6 Å². The van der Waals surface area contributed by atoms with Crippen molar-refractivity contribution in [1.29, 1.82) is 0 Å². The molecule has 0 bridgehead atoms. The van der Waals surface area contributed by atoms with Crippen molar-refractivity contribution in [1.82, 2.24) is 14.8 Å². The fourth-order valence-corrected chi connectivity index (χ4v) is 3.99. The van der Waals surface area contributed by atoms with Crippen molar-refractivity contribution < 1.29 is 19.4 Å². The minimum absolute atomic E-state index is 0.0701.